The highest BCUT2D eigenvalue weighted by Gasteiger charge is 2.18. The fourth-order valence-electron chi connectivity index (χ4n) is 2.53. The Balaban J connectivity index is 1.96. The summed E-state index contributed by atoms with van der Waals surface area (Å²) in [4.78, 5) is 23.5. The van der Waals surface area contributed by atoms with Crippen molar-refractivity contribution >= 4 is 16.7 Å². The Bertz CT molecular complexity index is 749. The van der Waals surface area contributed by atoms with Gasteiger partial charge in [-0.05, 0) is 6.07 Å². The monoisotopic (exact) mass is 304 g/mol. The third-order valence-electron chi connectivity index (χ3n) is 3.53. The van der Waals surface area contributed by atoms with Crippen molar-refractivity contribution in [1.82, 2.24) is 9.78 Å². The van der Waals surface area contributed by atoms with E-state index < -0.39 is 5.97 Å². The number of carboxylic acid groups (broad SMARTS) is 1. The summed E-state index contributed by atoms with van der Waals surface area (Å²) in [7, 11) is 0. The molecule has 0 saturated carbocycles. The molecule has 0 unspecified atom stereocenters. The molecule has 0 amide bonds. The topological polar surface area (TPSA) is 90.7 Å². The first kappa shape index (κ1) is 14.7. The van der Waals surface area contributed by atoms with Gasteiger partial charge in [0.05, 0.1) is 30.7 Å². The van der Waals surface area contributed by atoms with Crippen molar-refractivity contribution < 1.29 is 19.4 Å². The molecule has 7 heteroatoms. The van der Waals surface area contributed by atoms with Crippen LogP contribution in [-0.2, 0) is 27.2 Å². The highest BCUT2D eigenvalue weighted by atomic mass is 16.7. The van der Waals surface area contributed by atoms with Crippen LogP contribution in [0.2, 0.25) is 0 Å². The van der Waals surface area contributed by atoms with Gasteiger partial charge in [0.15, 0.2) is 6.29 Å². The fraction of sp³-hybridized carbons (Fsp3) is 0.400. The number of hydrogen-bond donors (Lipinski definition) is 1. The van der Waals surface area contributed by atoms with Crippen LogP contribution in [0.3, 0.4) is 0 Å². The summed E-state index contributed by atoms with van der Waals surface area (Å²) in [6, 6.07) is 6.92. The molecule has 2 heterocycles. The maximum absolute atomic E-state index is 12.4. The first-order valence-electron chi connectivity index (χ1n) is 7.09. The van der Waals surface area contributed by atoms with E-state index in [0.29, 0.717) is 42.6 Å². The lowest BCUT2D eigenvalue weighted by atomic mass is 10.1. The van der Waals surface area contributed by atoms with Gasteiger partial charge in [0.25, 0.3) is 5.56 Å². The van der Waals surface area contributed by atoms with Gasteiger partial charge in [0.2, 0.25) is 0 Å². The van der Waals surface area contributed by atoms with Gasteiger partial charge in [-0.25, -0.2) is 4.68 Å². The van der Waals surface area contributed by atoms with Gasteiger partial charge in [-0.2, -0.15) is 5.10 Å². The Labute approximate surface area is 126 Å². The summed E-state index contributed by atoms with van der Waals surface area (Å²) in [6.07, 6.45) is -0.0577. The molecule has 1 aliphatic rings. The molecule has 1 N–H and O–H groups in total. The lowest BCUT2D eigenvalue weighted by Crippen LogP contribution is -2.27. The molecule has 1 aromatic carbocycles. The average Bonchev–Trinajstić information content (AvgIpc) is 3.02. The minimum Gasteiger partial charge on any atom is -0.481 e. The predicted molar refractivity (Wildman–Crippen MR) is 77.7 cm³/mol. The van der Waals surface area contributed by atoms with Gasteiger partial charge >= 0.3 is 5.97 Å². The van der Waals surface area contributed by atoms with Crippen LogP contribution in [0.15, 0.2) is 29.1 Å². The standard InChI is InChI=1S/C15H16N2O5/c18-13(19)9-12-10-3-1-2-4-11(10)15(20)17(16-12)6-5-14-21-7-8-22-14/h1-4,14H,5-9H2,(H,18,19). The maximum atomic E-state index is 12.4. The molecule has 0 bridgehead atoms. The van der Waals surface area contributed by atoms with Crippen LogP contribution in [0.25, 0.3) is 10.8 Å². The van der Waals surface area contributed by atoms with Crippen LogP contribution >= 0.6 is 0 Å². The number of ether oxygens (including phenoxy) is 2. The van der Waals surface area contributed by atoms with E-state index in [1.807, 2.05) is 0 Å². The molecule has 0 aliphatic carbocycles. The lowest BCUT2D eigenvalue weighted by Gasteiger charge is -2.12. The second kappa shape index (κ2) is 6.25. The molecule has 1 fully saturated rings. The number of carbonyl (C=O) groups is 1. The molecular formula is C15H16N2O5. The van der Waals surface area contributed by atoms with Crippen molar-refractivity contribution in [3.05, 3.63) is 40.3 Å². The van der Waals surface area contributed by atoms with Gasteiger partial charge in [-0.15, -0.1) is 0 Å². The van der Waals surface area contributed by atoms with E-state index in [4.69, 9.17) is 14.6 Å². The van der Waals surface area contributed by atoms with E-state index in [9.17, 15) is 9.59 Å². The maximum Gasteiger partial charge on any atom is 0.309 e. The third kappa shape index (κ3) is 3.00. The zero-order valence-corrected chi connectivity index (χ0v) is 11.9. The van der Waals surface area contributed by atoms with Crippen LogP contribution in [0.4, 0.5) is 0 Å². The Morgan fingerprint density at radius 3 is 2.64 bits per heavy atom. The van der Waals surface area contributed by atoms with Crippen molar-refractivity contribution in [2.75, 3.05) is 13.2 Å². The number of carboxylic acids is 1. The van der Waals surface area contributed by atoms with Crippen molar-refractivity contribution in [3.63, 3.8) is 0 Å². The van der Waals surface area contributed by atoms with E-state index in [1.165, 1.54) is 4.68 Å². The zero-order valence-electron chi connectivity index (χ0n) is 11.9. The lowest BCUT2D eigenvalue weighted by molar-refractivity contribution is -0.136. The van der Waals surface area contributed by atoms with E-state index in [-0.39, 0.29) is 18.3 Å². The molecule has 2 aromatic rings. The Kier molecular flexibility index (Phi) is 4.17. The average molecular weight is 304 g/mol. The van der Waals surface area contributed by atoms with Gasteiger partial charge in [0.1, 0.15) is 0 Å². The minimum atomic E-state index is -0.981. The van der Waals surface area contributed by atoms with E-state index >= 15 is 0 Å². The highest BCUT2D eigenvalue weighted by Crippen LogP contribution is 2.15. The van der Waals surface area contributed by atoms with Gasteiger partial charge in [0, 0.05) is 18.4 Å². The molecule has 0 atom stereocenters. The molecule has 7 nitrogen and oxygen atoms in total. The molecular weight excluding hydrogens is 288 g/mol. The van der Waals surface area contributed by atoms with Crippen LogP contribution in [0, 0.1) is 0 Å². The number of benzene rings is 1. The number of aliphatic carboxylic acids is 1. The molecule has 0 spiro atoms. The summed E-state index contributed by atoms with van der Waals surface area (Å²) in [6.45, 7) is 1.42. The Hall–Kier alpha value is -2.25. The molecule has 3 rings (SSSR count). The summed E-state index contributed by atoms with van der Waals surface area (Å²) in [5.74, 6) is -0.981. The normalized spacial score (nSPS) is 15.5. The number of rotatable bonds is 5. The molecule has 1 aromatic heterocycles. The third-order valence-corrected chi connectivity index (χ3v) is 3.53. The SMILES string of the molecule is O=C(O)Cc1nn(CCC2OCCO2)c(=O)c2ccccc12. The van der Waals surface area contributed by atoms with Crippen molar-refractivity contribution in [2.45, 2.75) is 25.7 Å². The van der Waals surface area contributed by atoms with Gasteiger partial charge in [-0.3, -0.25) is 9.59 Å². The summed E-state index contributed by atoms with van der Waals surface area (Å²) >= 11 is 0. The smallest absolute Gasteiger partial charge is 0.309 e. The molecule has 1 saturated heterocycles. The van der Waals surface area contributed by atoms with E-state index in [0.717, 1.165) is 0 Å². The quantitative estimate of drug-likeness (QED) is 0.878. The number of hydrogen-bond acceptors (Lipinski definition) is 5. The zero-order chi connectivity index (χ0) is 15.5. The number of fused-ring (bicyclic) bond motifs is 1. The first-order chi connectivity index (χ1) is 10.6. The molecule has 0 radical (unpaired) electrons. The van der Waals surface area contributed by atoms with Crippen LogP contribution < -0.4 is 5.56 Å². The second-order valence-corrected chi connectivity index (χ2v) is 5.05. The van der Waals surface area contributed by atoms with Crippen molar-refractivity contribution in [1.29, 1.82) is 0 Å². The summed E-state index contributed by atoms with van der Waals surface area (Å²) in [5, 5.41) is 14.3. The highest BCUT2D eigenvalue weighted by molar-refractivity contribution is 5.86. The van der Waals surface area contributed by atoms with Gasteiger partial charge in [-0.1, -0.05) is 18.2 Å². The van der Waals surface area contributed by atoms with Gasteiger partial charge < -0.3 is 14.6 Å². The molecule has 22 heavy (non-hydrogen) atoms. The van der Waals surface area contributed by atoms with E-state index in [1.54, 1.807) is 24.3 Å². The van der Waals surface area contributed by atoms with Crippen LogP contribution in [0.1, 0.15) is 12.1 Å². The fourth-order valence-corrected chi connectivity index (χ4v) is 2.53. The Morgan fingerprint density at radius 2 is 1.95 bits per heavy atom. The summed E-state index contributed by atoms with van der Waals surface area (Å²) in [5.41, 5.74) is 0.152. The first-order valence-corrected chi connectivity index (χ1v) is 7.09. The molecule has 116 valence electrons. The number of nitrogens with zero attached hydrogens (tertiary/aromatic N) is 2. The van der Waals surface area contributed by atoms with Crippen molar-refractivity contribution in [2.24, 2.45) is 0 Å². The van der Waals surface area contributed by atoms with Crippen LogP contribution in [0.5, 0.6) is 0 Å². The summed E-state index contributed by atoms with van der Waals surface area (Å²) < 4.78 is 12.0. The Morgan fingerprint density at radius 1 is 1.27 bits per heavy atom. The van der Waals surface area contributed by atoms with E-state index in [2.05, 4.69) is 5.10 Å². The number of aromatic nitrogens is 2. The molecule has 1 aliphatic heterocycles. The van der Waals surface area contributed by atoms with Crippen molar-refractivity contribution in [3.8, 4) is 0 Å². The minimum absolute atomic E-state index is 0.225. The van der Waals surface area contributed by atoms with Crippen LogP contribution in [-0.4, -0.2) is 40.4 Å². The largest absolute Gasteiger partial charge is 0.481 e. The predicted octanol–water partition coefficient (Wildman–Crippen LogP) is 0.787. The second-order valence-electron chi connectivity index (χ2n) is 5.05. The number of aryl methyl sites for hydroxylation is 1.